The first-order chi connectivity index (χ1) is 17.5. The third kappa shape index (κ3) is 7.78. The summed E-state index contributed by atoms with van der Waals surface area (Å²) in [5.41, 5.74) is 1.67. The zero-order valence-electron chi connectivity index (χ0n) is 20.1. The summed E-state index contributed by atoms with van der Waals surface area (Å²) in [4.78, 5) is 24.7. The molecule has 36 heavy (non-hydrogen) atoms. The van der Waals surface area contributed by atoms with Crippen molar-refractivity contribution in [1.29, 1.82) is 0 Å². The molecule has 0 saturated carbocycles. The van der Waals surface area contributed by atoms with E-state index in [-0.39, 0.29) is 5.57 Å². The van der Waals surface area contributed by atoms with Crippen molar-refractivity contribution in [1.82, 2.24) is 10.6 Å². The number of ether oxygens (including phenoxy) is 2. The summed E-state index contributed by atoms with van der Waals surface area (Å²) in [6, 6.07) is 3.96. The second kappa shape index (κ2) is 14.5. The smallest absolute Gasteiger partial charge is 0.337 e. The highest BCUT2D eigenvalue weighted by atomic mass is 16.5. The van der Waals surface area contributed by atoms with Gasteiger partial charge in [0.05, 0.1) is 25.3 Å². The quantitative estimate of drug-likeness (QED) is 0.521. The number of rotatable bonds is 4. The molecule has 6 nitrogen and oxygen atoms in total. The van der Waals surface area contributed by atoms with Gasteiger partial charge in [0, 0.05) is 16.8 Å². The van der Waals surface area contributed by atoms with Crippen LogP contribution in [0.4, 0.5) is 4.79 Å². The van der Waals surface area contributed by atoms with Crippen molar-refractivity contribution in [3.63, 3.8) is 0 Å². The van der Waals surface area contributed by atoms with Gasteiger partial charge in [-0.15, -0.1) is 0 Å². The number of nitrogens with one attached hydrogen (secondary N) is 2. The number of carbonyl (C=O) groups is 2. The predicted molar refractivity (Wildman–Crippen MR) is 136 cm³/mol. The molecule has 2 amide bonds. The fraction of sp³-hybridized carbons (Fsp3) is 0.200. The highest BCUT2D eigenvalue weighted by molar-refractivity contribution is 5.95. The van der Waals surface area contributed by atoms with E-state index in [4.69, 9.17) is 9.47 Å². The van der Waals surface area contributed by atoms with Crippen molar-refractivity contribution >= 4 is 12.0 Å². The first-order valence-electron chi connectivity index (χ1n) is 10.6. The van der Waals surface area contributed by atoms with E-state index in [2.05, 4.69) is 93.5 Å². The highest BCUT2D eigenvalue weighted by Crippen LogP contribution is 2.35. The van der Waals surface area contributed by atoms with Gasteiger partial charge in [0.1, 0.15) is 5.75 Å². The first kappa shape index (κ1) is 26.7. The summed E-state index contributed by atoms with van der Waals surface area (Å²) < 4.78 is 10.7. The maximum Gasteiger partial charge on any atom is 0.337 e. The normalized spacial score (nSPS) is 12.3. The molecule has 1 atom stereocenters. The summed E-state index contributed by atoms with van der Waals surface area (Å²) in [5, 5.41) is 5.35. The number of allylic oxidation sites excluding steroid dienone is 1. The molecule has 1 aliphatic rings. The van der Waals surface area contributed by atoms with Crippen LogP contribution in [0, 0.1) is 82.9 Å². The SMILES string of the molecule is CC#CC#CC#CC#CC#CC#CC#Cc1cccc(OCC)c1C1NC(=O)NC(C)=C1C(=O)OC. The minimum atomic E-state index is -0.832. The van der Waals surface area contributed by atoms with Crippen molar-refractivity contribution in [2.75, 3.05) is 13.7 Å². The molecule has 1 aromatic rings. The van der Waals surface area contributed by atoms with Crippen LogP contribution in [-0.2, 0) is 9.53 Å². The molecule has 0 aromatic heterocycles. The van der Waals surface area contributed by atoms with E-state index in [0.29, 0.717) is 29.2 Å². The molecule has 0 radical (unpaired) electrons. The van der Waals surface area contributed by atoms with E-state index in [1.807, 2.05) is 6.92 Å². The van der Waals surface area contributed by atoms with Crippen molar-refractivity contribution in [3.8, 4) is 88.6 Å². The Bertz CT molecular complexity index is 1530. The van der Waals surface area contributed by atoms with E-state index in [1.165, 1.54) is 7.11 Å². The van der Waals surface area contributed by atoms with Crippen LogP contribution in [0.15, 0.2) is 29.5 Å². The predicted octanol–water partition coefficient (Wildman–Crippen LogP) is 2.28. The van der Waals surface area contributed by atoms with Crippen LogP contribution < -0.4 is 15.4 Å². The number of methoxy groups -OCH3 is 1. The molecule has 1 heterocycles. The molecule has 0 spiro atoms. The Morgan fingerprint density at radius 1 is 0.944 bits per heavy atom. The molecular weight excluding hydrogens is 452 g/mol. The molecule has 2 N–H and O–H groups in total. The van der Waals surface area contributed by atoms with Gasteiger partial charge in [0.15, 0.2) is 0 Å². The number of esters is 1. The number of hydrogen-bond donors (Lipinski definition) is 2. The number of hydrogen-bond acceptors (Lipinski definition) is 4. The first-order valence-corrected chi connectivity index (χ1v) is 10.6. The van der Waals surface area contributed by atoms with Crippen LogP contribution in [0.5, 0.6) is 5.75 Å². The Labute approximate surface area is 211 Å². The van der Waals surface area contributed by atoms with Crippen molar-refractivity contribution in [3.05, 3.63) is 40.6 Å². The van der Waals surface area contributed by atoms with Gasteiger partial charge in [-0.3, -0.25) is 0 Å². The van der Waals surface area contributed by atoms with Gasteiger partial charge in [0.2, 0.25) is 0 Å². The lowest BCUT2D eigenvalue weighted by Gasteiger charge is -2.29. The fourth-order valence-electron chi connectivity index (χ4n) is 3.00. The summed E-state index contributed by atoms with van der Waals surface area (Å²) in [6.07, 6.45) is 0. The van der Waals surface area contributed by atoms with E-state index in [9.17, 15) is 9.59 Å². The van der Waals surface area contributed by atoms with Crippen LogP contribution in [0.1, 0.15) is 37.9 Å². The maximum absolute atomic E-state index is 12.5. The van der Waals surface area contributed by atoms with E-state index >= 15 is 0 Å². The third-order valence-electron chi connectivity index (χ3n) is 4.34. The molecule has 1 unspecified atom stereocenters. The Balaban J connectivity index is 2.38. The maximum atomic E-state index is 12.5. The Morgan fingerprint density at radius 3 is 2.08 bits per heavy atom. The van der Waals surface area contributed by atoms with Gasteiger partial charge < -0.3 is 20.1 Å². The van der Waals surface area contributed by atoms with Gasteiger partial charge in [-0.2, -0.15) is 0 Å². The van der Waals surface area contributed by atoms with Gasteiger partial charge in [0.25, 0.3) is 0 Å². The summed E-state index contributed by atoms with van der Waals surface area (Å²) in [5.74, 6) is 36.3. The van der Waals surface area contributed by atoms with Crippen LogP contribution in [0.3, 0.4) is 0 Å². The molecule has 0 saturated heterocycles. The molecule has 174 valence electrons. The van der Waals surface area contributed by atoms with Gasteiger partial charge in [-0.25, -0.2) is 9.59 Å². The number of amides is 2. The average Bonchev–Trinajstić information content (AvgIpc) is 2.86. The largest absolute Gasteiger partial charge is 0.493 e. The Kier molecular flexibility index (Phi) is 10.8. The molecule has 1 aliphatic heterocycles. The minimum Gasteiger partial charge on any atom is -0.493 e. The molecular formula is C30H20N2O4. The Morgan fingerprint density at radius 2 is 1.53 bits per heavy atom. The average molecular weight is 473 g/mol. The Hall–Kier alpha value is -5.58. The van der Waals surface area contributed by atoms with Crippen molar-refractivity contribution in [2.24, 2.45) is 0 Å². The van der Waals surface area contributed by atoms with Crippen LogP contribution >= 0.6 is 0 Å². The zero-order valence-corrected chi connectivity index (χ0v) is 20.1. The van der Waals surface area contributed by atoms with Gasteiger partial charge in [-0.1, -0.05) is 17.9 Å². The fourth-order valence-corrected chi connectivity index (χ4v) is 3.00. The third-order valence-corrected chi connectivity index (χ3v) is 4.34. The standard InChI is InChI=1S/C30H20N2O4/c1-5-7-8-9-10-11-12-13-14-15-16-17-18-20-24-21-19-22-25(36-6-2)27(24)28-26(29(33)35-4)23(3)31-30(34)32-28/h19,21-22,28H,6H2,1-4H3,(H2,31,32,34). The second-order valence-corrected chi connectivity index (χ2v) is 6.59. The zero-order chi connectivity index (χ0) is 26.2. The lowest BCUT2D eigenvalue weighted by molar-refractivity contribution is -0.136. The van der Waals surface area contributed by atoms with E-state index in [1.54, 1.807) is 32.0 Å². The number of benzene rings is 1. The molecule has 0 fully saturated rings. The van der Waals surface area contributed by atoms with Crippen LogP contribution in [0.25, 0.3) is 0 Å². The topological polar surface area (TPSA) is 76.7 Å². The number of urea groups is 1. The van der Waals surface area contributed by atoms with Gasteiger partial charge in [-0.05, 0) is 104 Å². The highest BCUT2D eigenvalue weighted by Gasteiger charge is 2.35. The summed E-state index contributed by atoms with van der Waals surface area (Å²) in [7, 11) is 1.27. The van der Waals surface area contributed by atoms with Crippen molar-refractivity contribution in [2.45, 2.75) is 26.8 Å². The lowest BCUT2D eigenvalue weighted by atomic mass is 9.91. The van der Waals surface area contributed by atoms with E-state index < -0.39 is 18.0 Å². The molecule has 0 aliphatic carbocycles. The molecule has 1 aromatic carbocycles. The van der Waals surface area contributed by atoms with Crippen LogP contribution in [-0.4, -0.2) is 25.7 Å². The molecule has 2 rings (SSSR count). The monoisotopic (exact) mass is 472 g/mol. The molecule has 0 bridgehead atoms. The van der Waals surface area contributed by atoms with E-state index in [0.717, 1.165) is 0 Å². The van der Waals surface area contributed by atoms with Crippen molar-refractivity contribution < 1.29 is 19.1 Å². The second-order valence-electron chi connectivity index (χ2n) is 6.59. The minimum absolute atomic E-state index is 0.246. The number of carbonyl (C=O) groups excluding carboxylic acids is 2. The van der Waals surface area contributed by atoms with Gasteiger partial charge >= 0.3 is 12.0 Å². The summed E-state index contributed by atoms with van der Waals surface area (Å²) in [6.45, 7) is 5.52. The molecule has 6 heteroatoms. The van der Waals surface area contributed by atoms with Crippen LogP contribution in [0.2, 0.25) is 0 Å². The lowest BCUT2D eigenvalue weighted by Crippen LogP contribution is -2.45. The summed E-state index contributed by atoms with van der Waals surface area (Å²) >= 11 is 0.